The van der Waals surface area contributed by atoms with Crippen LogP contribution < -0.4 is 9.62 Å². The zero-order valence-electron chi connectivity index (χ0n) is 23.9. The second kappa shape index (κ2) is 12.9. The van der Waals surface area contributed by atoms with Gasteiger partial charge in [0.15, 0.2) is 0 Å². The minimum absolute atomic E-state index is 0.00764. The van der Waals surface area contributed by atoms with Crippen molar-refractivity contribution in [2.75, 3.05) is 10.8 Å². The molecule has 3 rings (SSSR count). The van der Waals surface area contributed by atoms with Crippen molar-refractivity contribution in [1.29, 1.82) is 0 Å². The molecule has 0 saturated carbocycles. The van der Waals surface area contributed by atoms with Gasteiger partial charge in [0.25, 0.3) is 10.0 Å². The van der Waals surface area contributed by atoms with E-state index in [1.165, 1.54) is 29.2 Å². The molecule has 0 bridgehead atoms. The number of aryl methyl sites for hydroxylation is 2. The molecule has 3 aromatic rings. The van der Waals surface area contributed by atoms with Gasteiger partial charge in [0.2, 0.25) is 11.8 Å². The molecule has 7 nitrogen and oxygen atoms in total. The Hall–Kier alpha value is -3.36. The molecule has 40 heavy (non-hydrogen) atoms. The number of nitrogens with zero attached hydrogens (tertiary/aromatic N) is 2. The third-order valence-corrected chi connectivity index (χ3v) is 8.53. The summed E-state index contributed by atoms with van der Waals surface area (Å²) in [7, 11) is -4.15. The van der Waals surface area contributed by atoms with Gasteiger partial charge in [0.1, 0.15) is 12.6 Å². The Morgan fingerprint density at radius 1 is 0.925 bits per heavy atom. The number of carbonyl (C=O) groups is 2. The highest BCUT2D eigenvalue weighted by atomic mass is 35.5. The predicted octanol–water partition coefficient (Wildman–Crippen LogP) is 5.87. The summed E-state index contributed by atoms with van der Waals surface area (Å²) in [5, 5.41) is 3.38. The van der Waals surface area contributed by atoms with Gasteiger partial charge in [0.05, 0.1) is 10.6 Å². The first-order valence-electron chi connectivity index (χ1n) is 13.2. The lowest BCUT2D eigenvalue weighted by molar-refractivity contribution is -0.141. The first-order chi connectivity index (χ1) is 18.7. The second-order valence-electron chi connectivity index (χ2n) is 10.9. The zero-order chi connectivity index (χ0) is 29.7. The lowest BCUT2D eigenvalue weighted by Gasteiger charge is -2.35. The van der Waals surface area contributed by atoms with E-state index in [9.17, 15) is 18.0 Å². The van der Waals surface area contributed by atoms with Crippen molar-refractivity contribution in [3.05, 3.63) is 94.5 Å². The van der Waals surface area contributed by atoms with E-state index in [0.717, 1.165) is 21.0 Å². The van der Waals surface area contributed by atoms with Crippen LogP contribution in [0.3, 0.4) is 0 Å². The highest BCUT2D eigenvalue weighted by molar-refractivity contribution is 7.92. The Labute approximate surface area is 243 Å². The van der Waals surface area contributed by atoms with Crippen LogP contribution in [0.2, 0.25) is 5.02 Å². The molecule has 0 aliphatic heterocycles. The molecule has 0 heterocycles. The number of anilines is 1. The molecule has 0 saturated heterocycles. The summed E-state index contributed by atoms with van der Waals surface area (Å²) < 4.78 is 28.9. The number of hydrogen-bond donors (Lipinski definition) is 1. The van der Waals surface area contributed by atoms with E-state index in [2.05, 4.69) is 5.32 Å². The maximum absolute atomic E-state index is 14.1. The van der Waals surface area contributed by atoms with Gasteiger partial charge in [-0.05, 0) is 88.6 Å². The predicted molar refractivity (Wildman–Crippen MR) is 161 cm³/mol. The molecule has 214 valence electrons. The fraction of sp³-hybridized carbons (Fsp3) is 0.355. The maximum Gasteiger partial charge on any atom is 0.264 e. The van der Waals surface area contributed by atoms with Crippen molar-refractivity contribution in [1.82, 2.24) is 10.2 Å². The number of carbonyl (C=O) groups excluding carboxylic acids is 2. The van der Waals surface area contributed by atoms with Gasteiger partial charge in [-0.3, -0.25) is 13.9 Å². The average Bonchev–Trinajstić information content (AvgIpc) is 2.88. The topological polar surface area (TPSA) is 86.8 Å². The van der Waals surface area contributed by atoms with E-state index in [4.69, 9.17) is 11.6 Å². The van der Waals surface area contributed by atoms with E-state index >= 15 is 0 Å². The Balaban J connectivity index is 2.08. The lowest BCUT2D eigenvalue weighted by atomic mass is 10.0. The Bertz CT molecular complexity index is 1430. The molecule has 3 aromatic carbocycles. The number of halogens is 1. The van der Waals surface area contributed by atoms with Crippen LogP contribution in [0.1, 0.15) is 50.8 Å². The van der Waals surface area contributed by atoms with Crippen LogP contribution in [-0.2, 0) is 26.2 Å². The van der Waals surface area contributed by atoms with Crippen molar-refractivity contribution >= 4 is 39.1 Å². The zero-order valence-corrected chi connectivity index (χ0v) is 25.5. The van der Waals surface area contributed by atoms with Crippen molar-refractivity contribution in [3.8, 4) is 0 Å². The number of benzene rings is 3. The number of nitrogens with one attached hydrogen (secondary N) is 1. The summed E-state index contributed by atoms with van der Waals surface area (Å²) in [6.45, 7) is 11.0. The van der Waals surface area contributed by atoms with Crippen LogP contribution in [0.5, 0.6) is 0 Å². The van der Waals surface area contributed by atoms with Crippen LogP contribution in [0.4, 0.5) is 5.69 Å². The molecule has 0 aliphatic rings. The van der Waals surface area contributed by atoms with Crippen LogP contribution in [0, 0.1) is 13.8 Å². The van der Waals surface area contributed by atoms with Crippen molar-refractivity contribution in [2.45, 2.75) is 71.0 Å². The lowest BCUT2D eigenvalue weighted by Crippen LogP contribution is -2.55. The van der Waals surface area contributed by atoms with Crippen molar-refractivity contribution < 1.29 is 18.0 Å². The molecule has 1 N–H and O–H groups in total. The van der Waals surface area contributed by atoms with Crippen LogP contribution in [0.15, 0.2) is 77.7 Å². The van der Waals surface area contributed by atoms with Gasteiger partial charge in [-0.25, -0.2) is 8.42 Å². The van der Waals surface area contributed by atoms with E-state index in [-0.39, 0.29) is 17.3 Å². The Morgan fingerprint density at radius 3 is 2.08 bits per heavy atom. The SMILES string of the molecule is CC[C@H](C(=O)NC(C)(C)C)N(Cc1ccccc1C)C(=O)CN(c1ccc(C)cc1)S(=O)(=O)c1ccc(Cl)cc1. The minimum atomic E-state index is -4.15. The Morgan fingerprint density at radius 2 is 1.52 bits per heavy atom. The first-order valence-corrected chi connectivity index (χ1v) is 15.1. The third-order valence-electron chi connectivity index (χ3n) is 6.49. The standard InChI is InChI=1S/C31H38ClN3O4S/c1-7-28(30(37)33-31(4,5)6)34(20-24-11-9-8-10-23(24)3)29(36)21-35(26-16-12-22(2)13-17-26)40(38,39)27-18-14-25(32)15-19-27/h8-19,28H,7,20-21H2,1-6H3,(H,33,37)/t28-/m1/s1. The van der Waals surface area contributed by atoms with E-state index in [1.807, 2.05) is 65.8 Å². The van der Waals surface area contributed by atoms with Crippen LogP contribution in [-0.4, -0.2) is 43.3 Å². The number of sulfonamides is 1. The van der Waals surface area contributed by atoms with Crippen molar-refractivity contribution in [3.63, 3.8) is 0 Å². The summed E-state index contributed by atoms with van der Waals surface area (Å²) in [4.78, 5) is 29.0. The second-order valence-corrected chi connectivity index (χ2v) is 13.2. The maximum atomic E-state index is 14.1. The minimum Gasteiger partial charge on any atom is -0.350 e. The van der Waals surface area contributed by atoms with Crippen LogP contribution >= 0.6 is 11.6 Å². The van der Waals surface area contributed by atoms with Gasteiger partial charge in [0, 0.05) is 17.1 Å². The molecular formula is C31H38ClN3O4S. The average molecular weight is 584 g/mol. The van der Waals surface area contributed by atoms with Crippen LogP contribution in [0.25, 0.3) is 0 Å². The Kier molecular flexibility index (Phi) is 10.0. The van der Waals surface area contributed by atoms with Gasteiger partial charge in [-0.2, -0.15) is 0 Å². The van der Waals surface area contributed by atoms with Gasteiger partial charge in [-0.1, -0.05) is 60.5 Å². The highest BCUT2D eigenvalue weighted by Gasteiger charge is 2.34. The van der Waals surface area contributed by atoms with Gasteiger partial charge < -0.3 is 10.2 Å². The fourth-order valence-corrected chi connectivity index (χ4v) is 5.86. The molecule has 0 radical (unpaired) electrons. The molecule has 9 heteroatoms. The number of hydrogen-bond acceptors (Lipinski definition) is 4. The molecule has 0 aromatic heterocycles. The molecule has 0 fully saturated rings. The number of rotatable bonds is 10. The van der Waals surface area contributed by atoms with E-state index in [1.54, 1.807) is 24.3 Å². The van der Waals surface area contributed by atoms with E-state index in [0.29, 0.717) is 17.1 Å². The summed E-state index contributed by atoms with van der Waals surface area (Å²) in [5.41, 5.74) is 2.63. The molecule has 0 spiro atoms. The smallest absolute Gasteiger partial charge is 0.264 e. The first kappa shape index (κ1) is 31.2. The largest absolute Gasteiger partial charge is 0.350 e. The fourth-order valence-electron chi connectivity index (χ4n) is 4.32. The molecular weight excluding hydrogens is 546 g/mol. The quantitative estimate of drug-likeness (QED) is 0.323. The molecule has 1 atom stereocenters. The molecule has 0 unspecified atom stereocenters. The summed E-state index contributed by atoms with van der Waals surface area (Å²) >= 11 is 6.01. The normalized spacial score (nSPS) is 12.5. The number of amides is 2. The molecule has 2 amide bonds. The summed E-state index contributed by atoms with van der Waals surface area (Å²) in [6.07, 6.45) is 0.355. The molecule has 0 aliphatic carbocycles. The van der Waals surface area contributed by atoms with E-state index < -0.39 is 34.1 Å². The monoisotopic (exact) mass is 583 g/mol. The highest BCUT2D eigenvalue weighted by Crippen LogP contribution is 2.26. The van der Waals surface area contributed by atoms with Crippen molar-refractivity contribution in [2.24, 2.45) is 0 Å². The van der Waals surface area contributed by atoms with Gasteiger partial charge in [-0.15, -0.1) is 0 Å². The summed E-state index contributed by atoms with van der Waals surface area (Å²) in [5.74, 6) is -0.781. The third kappa shape index (κ3) is 7.86. The summed E-state index contributed by atoms with van der Waals surface area (Å²) in [6, 6.07) is 19.6. The van der Waals surface area contributed by atoms with Gasteiger partial charge >= 0.3 is 0 Å².